The molecule has 5 nitrogen and oxygen atoms in total. The number of carbonyl (C=O) groups is 2. The Balaban J connectivity index is 1.50. The molecule has 0 radical (unpaired) electrons. The molecule has 0 saturated carbocycles. The molecule has 1 aromatic heterocycles. The number of carbonyl (C=O) groups excluding carboxylic acids is 2. The predicted molar refractivity (Wildman–Crippen MR) is 113 cm³/mol. The topological polar surface area (TPSA) is 62.3 Å². The van der Waals surface area contributed by atoms with E-state index in [-0.39, 0.29) is 11.5 Å². The summed E-state index contributed by atoms with van der Waals surface area (Å²) in [5, 5.41) is 4.79. The molecule has 2 amide bonds. The normalized spacial score (nSPS) is 12.7. The molecular weight excluding hydrogens is 408 g/mol. The summed E-state index contributed by atoms with van der Waals surface area (Å²) < 4.78 is 26.4. The van der Waals surface area contributed by atoms with Crippen molar-refractivity contribution >= 4 is 34.0 Å². The molecule has 0 atom stereocenters. The first-order valence-electron chi connectivity index (χ1n) is 9.62. The average Bonchev–Trinajstić information content (AvgIpc) is 3.36. The summed E-state index contributed by atoms with van der Waals surface area (Å²) in [6.45, 7) is 2.67. The van der Waals surface area contributed by atoms with Crippen LogP contribution >= 0.6 is 11.3 Å². The predicted octanol–water partition coefficient (Wildman–Crippen LogP) is 5.03. The highest BCUT2D eigenvalue weighted by molar-refractivity contribution is 7.14. The number of aromatic nitrogens is 1. The van der Waals surface area contributed by atoms with Gasteiger partial charge in [-0.3, -0.25) is 14.9 Å². The molecule has 2 aromatic carbocycles. The Bertz CT molecular complexity index is 1130. The van der Waals surface area contributed by atoms with Gasteiger partial charge in [0, 0.05) is 35.2 Å². The van der Waals surface area contributed by atoms with Gasteiger partial charge >= 0.3 is 0 Å². The van der Waals surface area contributed by atoms with Gasteiger partial charge in [-0.1, -0.05) is 13.0 Å². The van der Waals surface area contributed by atoms with E-state index in [1.807, 2.05) is 35.4 Å². The van der Waals surface area contributed by atoms with Gasteiger partial charge in [-0.2, -0.15) is 0 Å². The van der Waals surface area contributed by atoms with Crippen LogP contribution < -0.4 is 10.2 Å². The van der Waals surface area contributed by atoms with Gasteiger partial charge in [0.05, 0.1) is 5.69 Å². The molecule has 0 bridgehead atoms. The zero-order valence-corrected chi connectivity index (χ0v) is 17.1. The van der Waals surface area contributed by atoms with Gasteiger partial charge in [-0.25, -0.2) is 13.8 Å². The van der Waals surface area contributed by atoms with Crippen molar-refractivity contribution in [1.82, 2.24) is 4.98 Å². The fourth-order valence-corrected chi connectivity index (χ4v) is 4.15. The lowest BCUT2D eigenvalue weighted by Crippen LogP contribution is -2.28. The average molecular weight is 427 g/mol. The SMILES string of the molecule is CCCC(=O)N1CCc2cc(-c3csc(NC(=O)c4ccc(F)c(F)c4)n3)ccc21. The molecule has 4 rings (SSSR count). The minimum atomic E-state index is -1.08. The minimum Gasteiger partial charge on any atom is -0.312 e. The molecular formula is C22H19F2N3O2S. The maximum atomic E-state index is 13.3. The van der Waals surface area contributed by atoms with Crippen LogP contribution in [0.2, 0.25) is 0 Å². The Kier molecular flexibility index (Phi) is 5.59. The molecule has 154 valence electrons. The van der Waals surface area contributed by atoms with Crippen LogP contribution in [0.3, 0.4) is 0 Å². The first kappa shape index (κ1) is 20.2. The molecule has 1 N–H and O–H groups in total. The van der Waals surface area contributed by atoms with Gasteiger partial charge in [-0.15, -0.1) is 11.3 Å². The van der Waals surface area contributed by atoms with Crippen LogP contribution in [-0.2, 0) is 11.2 Å². The summed E-state index contributed by atoms with van der Waals surface area (Å²) >= 11 is 1.24. The third-order valence-electron chi connectivity index (χ3n) is 4.94. The lowest BCUT2D eigenvalue weighted by Gasteiger charge is -2.17. The molecule has 30 heavy (non-hydrogen) atoms. The van der Waals surface area contributed by atoms with E-state index in [0.717, 1.165) is 41.8 Å². The Labute approximate surface area is 176 Å². The molecule has 2 heterocycles. The number of fused-ring (bicyclic) bond motifs is 1. The van der Waals surface area contributed by atoms with E-state index in [4.69, 9.17) is 0 Å². The number of rotatable bonds is 5. The number of hydrogen-bond donors (Lipinski definition) is 1. The molecule has 0 fully saturated rings. The maximum absolute atomic E-state index is 13.3. The van der Waals surface area contributed by atoms with Crippen molar-refractivity contribution in [3.63, 3.8) is 0 Å². The van der Waals surface area contributed by atoms with E-state index >= 15 is 0 Å². The Morgan fingerprint density at radius 1 is 1.17 bits per heavy atom. The van der Waals surface area contributed by atoms with Crippen molar-refractivity contribution in [3.05, 3.63) is 64.5 Å². The number of nitrogens with zero attached hydrogens (tertiary/aromatic N) is 2. The first-order chi connectivity index (χ1) is 14.5. The molecule has 1 aliphatic rings. The van der Waals surface area contributed by atoms with Crippen LogP contribution in [0.25, 0.3) is 11.3 Å². The van der Waals surface area contributed by atoms with Crippen LogP contribution in [0.1, 0.15) is 35.7 Å². The number of nitrogens with one attached hydrogen (secondary N) is 1. The van der Waals surface area contributed by atoms with E-state index in [2.05, 4.69) is 10.3 Å². The van der Waals surface area contributed by atoms with Crippen molar-refractivity contribution in [3.8, 4) is 11.3 Å². The summed E-state index contributed by atoms with van der Waals surface area (Å²) in [4.78, 5) is 30.8. The van der Waals surface area contributed by atoms with Crippen molar-refractivity contribution in [2.24, 2.45) is 0 Å². The Morgan fingerprint density at radius 2 is 2.00 bits per heavy atom. The number of hydrogen-bond acceptors (Lipinski definition) is 4. The van der Waals surface area contributed by atoms with Gasteiger partial charge in [0.2, 0.25) is 5.91 Å². The van der Waals surface area contributed by atoms with Gasteiger partial charge < -0.3 is 4.90 Å². The first-order valence-corrected chi connectivity index (χ1v) is 10.5. The van der Waals surface area contributed by atoms with Crippen LogP contribution in [0.4, 0.5) is 19.6 Å². The summed E-state index contributed by atoms with van der Waals surface area (Å²) in [5.74, 6) is -2.50. The van der Waals surface area contributed by atoms with Gasteiger partial charge in [-0.05, 0) is 48.7 Å². The quantitative estimate of drug-likeness (QED) is 0.621. The summed E-state index contributed by atoms with van der Waals surface area (Å²) in [5.41, 5.74) is 3.64. The van der Waals surface area contributed by atoms with E-state index < -0.39 is 17.5 Å². The van der Waals surface area contributed by atoms with Crippen molar-refractivity contribution in [2.75, 3.05) is 16.8 Å². The molecule has 0 saturated heterocycles. The molecule has 1 aliphatic heterocycles. The highest BCUT2D eigenvalue weighted by Gasteiger charge is 2.24. The van der Waals surface area contributed by atoms with Gasteiger partial charge in [0.25, 0.3) is 5.91 Å². The second kappa shape index (κ2) is 8.31. The van der Waals surface area contributed by atoms with E-state index in [9.17, 15) is 18.4 Å². The summed E-state index contributed by atoms with van der Waals surface area (Å²) in [6.07, 6.45) is 2.15. The summed E-state index contributed by atoms with van der Waals surface area (Å²) in [7, 11) is 0. The zero-order chi connectivity index (χ0) is 21.3. The third-order valence-corrected chi connectivity index (χ3v) is 5.70. The fraction of sp³-hybridized carbons (Fsp3) is 0.227. The molecule has 3 aromatic rings. The smallest absolute Gasteiger partial charge is 0.257 e. The van der Waals surface area contributed by atoms with Crippen LogP contribution in [0.5, 0.6) is 0 Å². The van der Waals surface area contributed by atoms with Crippen LogP contribution in [0.15, 0.2) is 41.8 Å². The number of thiazole rings is 1. The van der Waals surface area contributed by atoms with Gasteiger partial charge in [0.15, 0.2) is 16.8 Å². The number of amides is 2. The Morgan fingerprint density at radius 3 is 2.77 bits per heavy atom. The standard InChI is InChI=1S/C22H19F2N3O2S/c1-2-3-20(28)27-9-8-14-10-13(5-7-19(14)27)18-12-30-22(25-18)26-21(29)15-4-6-16(23)17(24)11-15/h4-7,10-12H,2-3,8-9H2,1H3,(H,25,26,29). The molecule has 0 spiro atoms. The number of anilines is 2. The molecule has 0 unspecified atom stereocenters. The number of benzene rings is 2. The van der Waals surface area contributed by atoms with Crippen molar-refractivity contribution in [1.29, 1.82) is 0 Å². The van der Waals surface area contributed by atoms with Crippen LogP contribution in [0, 0.1) is 11.6 Å². The Hall–Kier alpha value is -3.13. The second-order valence-electron chi connectivity index (χ2n) is 7.01. The third kappa shape index (κ3) is 3.95. The maximum Gasteiger partial charge on any atom is 0.257 e. The largest absolute Gasteiger partial charge is 0.312 e. The van der Waals surface area contributed by atoms with E-state index in [0.29, 0.717) is 23.8 Å². The van der Waals surface area contributed by atoms with E-state index in [1.54, 1.807) is 0 Å². The molecule has 0 aliphatic carbocycles. The van der Waals surface area contributed by atoms with Crippen molar-refractivity contribution < 1.29 is 18.4 Å². The fourth-order valence-electron chi connectivity index (χ4n) is 3.44. The highest BCUT2D eigenvalue weighted by Crippen LogP contribution is 2.34. The molecule has 8 heteroatoms. The minimum absolute atomic E-state index is 0.0139. The van der Waals surface area contributed by atoms with Crippen LogP contribution in [-0.4, -0.2) is 23.3 Å². The summed E-state index contributed by atoms with van der Waals surface area (Å²) in [6, 6.07) is 8.84. The zero-order valence-electron chi connectivity index (χ0n) is 16.2. The lowest BCUT2D eigenvalue weighted by atomic mass is 10.1. The van der Waals surface area contributed by atoms with Gasteiger partial charge in [0.1, 0.15) is 0 Å². The second-order valence-corrected chi connectivity index (χ2v) is 7.87. The van der Waals surface area contributed by atoms with E-state index in [1.165, 1.54) is 17.4 Å². The number of halogens is 2. The monoisotopic (exact) mass is 427 g/mol. The lowest BCUT2D eigenvalue weighted by molar-refractivity contribution is -0.118. The van der Waals surface area contributed by atoms with Crippen molar-refractivity contribution in [2.45, 2.75) is 26.2 Å². The highest BCUT2D eigenvalue weighted by atomic mass is 32.1.